The fraction of sp³-hybridized carbons (Fsp3) is 0.667. The average molecular weight is 297 g/mol. The van der Waals surface area contributed by atoms with E-state index in [1.54, 1.807) is 13.8 Å². The summed E-state index contributed by atoms with van der Waals surface area (Å²) < 4.78 is 0. The number of rotatable bonds is 4. The number of carbonyl (C=O) groups excluding carboxylic acids is 2. The zero-order valence-electron chi connectivity index (χ0n) is 11.6. The maximum atomic E-state index is 11.9. The number of aromatic amines is 1. The minimum absolute atomic E-state index is 0.196. The van der Waals surface area contributed by atoms with Crippen LogP contribution in [0, 0.1) is 6.92 Å². The molecule has 0 radical (unpaired) electrons. The van der Waals surface area contributed by atoms with Crippen molar-refractivity contribution in [2.45, 2.75) is 56.0 Å². The van der Waals surface area contributed by atoms with E-state index in [0.29, 0.717) is 11.0 Å². The van der Waals surface area contributed by atoms with E-state index >= 15 is 0 Å². The van der Waals surface area contributed by atoms with Crippen molar-refractivity contribution in [2.75, 3.05) is 0 Å². The number of hydrogen-bond acceptors (Lipinski definition) is 5. The number of thioether (sulfide) groups is 1. The van der Waals surface area contributed by atoms with E-state index in [1.165, 1.54) is 11.8 Å². The molecule has 1 aliphatic carbocycles. The third-order valence-electron chi connectivity index (χ3n) is 3.16. The molecule has 0 aliphatic heterocycles. The molecule has 1 aliphatic rings. The van der Waals surface area contributed by atoms with Gasteiger partial charge >= 0.3 is 6.03 Å². The largest absolute Gasteiger partial charge is 0.335 e. The smallest absolute Gasteiger partial charge is 0.321 e. The molecule has 1 aromatic rings. The molecule has 0 spiro atoms. The molecule has 7 nitrogen and oxygen atoms in total. The van der Waals surface area contributed by atoms with Gasteiger partial charge in [0.25, 0.3) is 0 Å². The lowest BCUT2D eigenvalue weighted by atomic mass is 10.2. The van der Waals surface area contributed by atoms with Crippen LogP contribution >= 0.6 is 11.8 Å². The Morgan fingerprint density at radius 2 is 2.10 bits per heavy atom. The first-order valence-corrected chi connectivity index (χ1v) is 7.59. The monoisotopic (exact) mass is 297 g/mol. The Hall–Kier alpha value is -1.57. The van der Waals surface area contributed by atoms with Gasteiger partial charge in [0.1, 0.15) is 5.82 Å². The highest BCUT2D eigenvalue weighted by atomic mass is 32.2. The van der Waals surface area contributed by atoms with Crippen LogP contribution in [0.4, 0.5) is 4.79 Å². The fourth-order valence-electron chi connectivity index (χ4n) is 2.09. The normalized spacial score (nSPS) is 16.9. The number of nitrogens with one attached hydrogen (secondary N) is 3. The standard InChI is InChI=1S/C12H19N5O2S/c1-7(20-12-13-8(2)16-17-12)10(18)15-11(19)14-9-5-3-4-6-9/h7,9H,3-6H2,1-2H3,(H,13,16,17)(H2,14,15,18,19). The van der Waals surface area contributed by atoms with Crippen LogP contribution in [0.15, 0.2) is 5.16 Å². The molecular formula is C12H19N5O2S. The summed E-state index contributed by atoms with van der Waals surface area (Å²) in [7, 11) is 0. The lowest BCUT2D eigenvalue weighted by molar-refractivity contribution is -0.119. The lowest BCUT2D eigenvalue weighted by Gasteiger charge is -2.14. The van der Waals surface area contributed by atoms with Gasteiger partial charge in [0.15, 0.2) is 0 Å². The summed E-state index contributed by atoms with van der Waals surface area (Å²) in [5, 5.41) is 11.9. The van der Waals surface area contributed by atoms with Gasteiger partial charge in [0.2, 0.25) is 11.1 Å². The molecule has 1 saturated carbocycles. The first-order valence-electron chi connectivity index (χ1n) is 6.71. The summed E-state index contributed by atoms with van der Waals surface area (Å²) in [4.78, 5) is 27.7. The first kappa shape index (κ1) is 14.8. The van der Waals surface area contributed by atoms with Crippen LogP contribution in [0.5, 0.6) is 0 Å². The van der Waals surface area contributed by atoms with Crippen molar-refractivity contribution in [3.63, 3.8) is 0 Å². The zero-order chi connectivity index (χ0) is 14.5. The SMILES string of the molecule is Cc1nc(SC(C)C(=O)NC(=O)NC2CCCC2)n[nH]1. The minimum Gasteiger partial charge on any atom is -0.335 e. The summed E-state index contributed by atoms with van der Waals surface area (Å²) >= 11 is 1.21. The molecular weight excluding hydrogens is 278 g/mol. The molecule has 3 amide bonds. The van der Waals surface area contributed by atoms with Crippen molar-refractivity contribution < 1.29 is 9.59 Å². The van der Waals surface area contributed by atoms with Gasteiger partial charge in [-0.1, -0.05) is 24.6 Å². The molecule has 8 heteroatoms. The number of carbonyl (C=O) groups is 2. The quantitative estimate of drug-likeness (QED) is 0.729. The second kappa shape index (κ2) is 6.74. The van der Waals surface area contributed by atoms with E-state index < -0.39 is 11.3 Å². The summed E-state index contributed by atoms with van der Waals surface area (Å²) in [5.74, 6) is 0.354. The van der Waals surface area contributed by atoms with Crippen molar-refractivity contribution in [1.29, 1.82) is 0 Å². The Labute approximate surface area is 121 Å². The molecule has 1 heterocycles. The number of imide groups is 1. The summed E-state index contributed by atoms with van der Waals surface area (Å²) in [6.07, 6.45) is 4.25. The van der Waals surface area contributed by atoms with Crippen LogP contribution in [-0.4, -0.2) is 38.4 Å². The highest BCUT2D eigenvalue weighted by molar-refractivity contribution is 8.00. The van der Waals surface area contributed by atoms with Gasteiger partial charge < -0.3 is 5.32 Å². The number of hydrogen-bond donors (Lipinski definition) is 3. The molecule has 110 valence electrons. The Bertz CT molecular complexity index is 484. The zero-order valence-corrected chi connectivity index (χ0v) is 12.4. The highest BCUT2D eigenvalue weighted by Gasteiger charge is 2.21. The second-order valence-corrected chi connectivity index (χ2v) is 6.22. The van der Waals surface area contributed by atoms with Crippen LogP contribution in [0.25, 0.3) is 0 Å². The van der Waals surface area contributed by atoms with Crippen LogP contribution in [0.2, 0.25) is 0 Å². The number of nitrogens with zero attached hydrogens (tertiary/aromatic N) is 2. The van der Waals surface area contributed by atoms with Crippen LogP contribution in [-0.2, 0) is 4.79 Å². The number of aromatic nitrogens is 3. The van der Waals surface area contributed by atoms with Gasteiger partial charge in [0, 0.05) is 6.04 Å². The van der Waals surface area contributed by atoms with Crippen LogP contribution in [0.1, 0.15) is 38.4 Å². The topological polar surface area (TPSA) is 99.8 Å². The predicted molar refractivity (Wildman–Crippen MR) is 75.4 cm³/mol. The molecule has 0 saturated heterocycles. The predicted octanol–water partition coefficient (Wildman–Crippen LogP) is 1.36. The van der Waals surface area contributed by atoms with Crippen molar-refractivity contribution >= 4 is 23.7 Å². The minimum atomic E-state index is -0.431. The van der Waals surface area contributed by atoms with Crippen molar-refractivity contribution in [2.24, 2.45) is 0 Å². The van der Waals surface area contributed by atoms with E-state index in [9.17, 15) is 9.59 Å². The van der Waals surface area contributed by atoms with Crippen molar-refractivity contribution in [3.05, 3.63) is 5.82 Å². The van der Waals surface area contributed by atoms with Gasteiger partial charge in [0.05, 0.1) is 5.25 Å². The average Bonchev–Trinajstić information content (AvgIpc) is 3.01. The molecule has 20 heavy (non-hydrogen) atoms. The summed E-state index contributed by atoms with van der Waals surface area (Å²) in [5.41, 5.74) is 0. The molecule has 1 fully saturated rings. The van der Waals surface area contributed by atoms with E-state index in [1.807, 2.05) is 0 Å². The number of urea groups is 1. The second-order valence-electron chi connectivity index (χ2n) is 4.91. The van der Waals surface area contributed by atoms with Gasteiger partial charge in [-0.3, -0.25) is 15.2 Å². The summed E-state index contributed by atoms with van der Waals surface area (Å²) in [6, 6.07) is -0.220. The maximum absolute atomic E-state index is 11.9. The molecule has 0 aromatic carbocycles. The highest BCUT2D eigenvalue weighted by Crippen LogP contribution is 2.19. The molecule has 1 atom stereocenters. The van der Waals surface area contributed by atoms with E-state index in [-0.39, 0.29) is 11.9 Å². The Balaban J connectivity index is 1.76. The van der Waals surface area contributed by atoms with Crippen molar-refractivity contribution in [3.8, 4) is 0 Å². The Morgan fingerprint density at radius 3 is 2.70 bits per heavy atom. The Morgan fingerprint density at radius 1 is 1.40 bits per heavy atom. The van der Waals surface area contributed by atoms with Gasteiger partial charge in [-0.15, -0.1) is 5.10 Å². The van der Waals surface area contributed by atoms with E-state index in [0.717, 1.165) is 25.7 Å². The third kappa shape index (κ3) is 4.22. The lowest BCUT2D eigenvalue weighted by Crippen LogP contribution is -2.45. The maximum Gasteiger partial charge on any atom is 0.321 e. The molecule has 1 unspecified atom stereocenters. The van der Waals surface area contributed by atoms with E-state index in [2.05, 4.69) is 25.8 Å². The van der Waals surface area contributed by atoms with Crippen LogP contribution in [0.3, 0.4) is 0 Å². The molecule has 1 aromatic heterocycles. The van der Waals surface area contributed by atoms with Crippen molar-refractivity contribution in [1.82, 2.24) is 25.8 Å². The number of H-pyrrole nitrogens is 1. The molecule has 3 N–H and O–H groups in total. The van der Waals surface area contributed by atoms with Gasteiger partial charge in [-0.2, -0.15) is 0 Å². The number of amides is 3. The van der Waals surface area contributed by atoms with Crippen LogP contribution < -0.4 is 10.6 Å². The summed E-state index contributed by atoms with van der Waals surface area (Å²) in [6.45, 7) is 3.51. The fourth-order valence-corrected chi connectivity index (χ4v) is 2.86. The molecule has 2 rings (SSSR count). The first-order chi connectivity index (χ1) is 9.54. The number of aryl methyl sites for hydroxylation is 1. The van der Waals surface area contributed by atoms with Gasteiger partial charge in [-0.25, -0.2) is 9.78 Å². The third-order valence-corrected chi connectivity index (χ3v) is 4.12. The molecule has 0 bridgehead atoms. The van der Waals surface area contributed by atoms with E-state index in [4.69, 9.17) is 0 Å². The van der Waals surface area contributed by atoms with Gasteiger partial charge in [-0.05, 0) is 26.7 Å². The Kier molecular flexibility index (Phi) is 4.99.